The lowest BCUT2D eigenvalue weighted by molar-refractivity contribution is -0.123. The molecule has 21 heavy (non-hydrogen) atoms. The maximum Gasteiger partial charge on any atom is 0.257 e. The standard InChI is InChI=1S/C16H15BrClNO2/c17-13-2-1-3-15(10-13)21-11-16(20)19-9-8-12-4-6-14(18)7-5-12/h1-7,10H,8-9,11H2,(H,19,20). The molecule has 110 valence electrons. The van der Waals surface area contributed by atoms with Gasteiger partial charge in [-0.05, 0) is 42.3 Å². The molecule has 0 aliphatic carbocycles. The van der Waals surface area contributed by atoms with Gasteiger partial charge in [-0.1, -0.05) is 45.7 Å². The Morgan fingerprint density at radius 3 is 2.67 bits per heavy atom. The molecule has 0 aromatic heterocycles. The maximum absolute atomic E-state index is 11.7. The molecule has 2 aromatic rings. The van der Waals surface area contributed by atoms with E-state index in [4.69, 9.17) is 16.3 Å². The predicted octanol–water partition coefficient (Wildman–Crippen LogP) is 3.84. The van der Waals surface area contributed by atoms with E-state index in [0.717, 1.165) is 16.5 Å². The van der Waals surface area contributed by atoms with Crippen LogP contribution < -0.4 is 10.1 Å². The lowest BCUT2D eigenvalue weighted by Gasteiger charge is -2.08. The zero-order valence-corrected chi connectivity index (χ0v) is 13.7. The van der Waals surface area contributed by atoms with Crippen molar-refractivity contribution < 1.29 is 9.53 Å². The normalized spacial score (nSPS) is 10.2. The fourth-order valence-corrected chi connectivity index (χ4v) is 2.26. The molecule has 0 aliphatic heterocycles. The second-order valence-electron chi connectivity index (χ2n) is 4.47. The van der Waals surface area contributed by atoms with Crippen LogP contribution in [-0.2, 0) is 11.2 Å². The molecule has 3 nitrogen and oxygen atoms in total. The highest BCUT2D eigenvalue weighted by Crippen LogP contribution is 2.17. The number of halogens is 2. The van der Waals surface area contributed by atoms with Gasteiger partial charge in [0.25, 0.3) is 5.91 Å². The molecule has 5 heteroatoms. The monoisotopic (exact) mass is 367 g/mol. The third-order valence-electron chi connectivity index (χ3n) is 2.82. The number of carbonyl (C=O) groups excluding carboxylic acids is 1. The average Bonchev–Trinajstić information content (AvgIpc) is 2.47. The number of nitrogens with one attached hydrogen (secondary N) is 1. The van der Waals surface area contributed by atoms with Crippen molar-refractivity contribution in [2.45, 2.75) is 6.42 Å². The van der Waals surface area contributed by atoms with Crippen molar-refractivity contribution in [3.8, 4) is 5.75 Å². The van der Waals surface area contributed by atoms with E-state index in [1.807, 2.05) is 48.5 Å². The van der Waals surface area contributed by atoms with Crippen LogP contribution in [0.3, 0.4) is 0 Å². The summed E-state index contributed by atoms with van der Waals surface area (Å²) >= 11 is 9.17. The summed E-state index contributed by atoms with van der Waals surface area (Å²) in [6.07, 6.45) is 0.764. The number of carbonyl (C=O) groups is 1. The lowest BCUT2D eigenvalue weighted by atomic mass is 10.1. The molecule has 1 amide bonds. The van der Waals surface area contributed by atoms with Crippen LogP contribution in [0, 0.1) is 0 Å². The van der Waals surface area contributed by atoms with Crippen molar-refractivity contribution in [3.05, 3.63) is 63.6 Å². The van der Waals surface area contributed by atoms with Gasteiger partial charge in [-0.3, -0.25) is 4.79 Å². The molecule has 0 spiro atoms. The molecular weight excluding hydrogens is 354 g/mol. The summed E-state index contributed by atoms with van der Waals surface area (Å²) in [6.45, 7) is 0.583. The van der Waals surface area contributed by atoms with Gasteiger partial charge >= 0.3 is 0 Å². The van der Waals surface area contributed by atoms with Crippen LogP contribution in [0.15, 0.2) is 53.0 Å². The minimum absolute atomic E-state index is 0.0110. The van der Waals surface area contributed by atoms with Gasteiger partial charge in [-0.2, -0.15) is 0 Å². The van der Waals surface area contributed by atoms with E-state index in [9.17, 15) is 4.79 Å². The van der Waals surface area contributed by atoms with Crippen LogP contribution in [0.2, 0.25) is 5.02 Å². The number of benzene rings is 2. The average molecular weight is 369 g/mol. The Morgan fingerprint density at radius 2 is 1.95 bits per heavy atom. The Hall–Kier alpha value is -1.52. The molecule has 0 saturated carbocycles. The van der Waals surface area contributed by atoms with E-state index in [2.05, 4.69) is 21.2 Å². The molecule has 0 heterocycles. The van der Waals surface area contributed by atoms with Gasteiger partial charge in [0.2, 0.25) is 0 Å². The quantitative estimate of drug-likeness (QED) is 0.841. The largest absolute Gasteiger partial charge is 0.484 e. The first kappa shape index (κ1) is 15.9. The fourth-order valence-electron chi connectivity index (χ4n) is 1.75. The SMILES string of the molecule is O=C(COc1cccc(Br)c1)NCCc1ccc(Cl)cc1. The molecule has 0 saturated heterocycles. The van der Waals surface area contributed by atoms with Crippen molar-refractivity contribution in [3.63, 3.8) is 0 Å². The van der Waals surface area contributed by atoms with Crippen molar-refractivity contribution in [2.75, 3.05) is 13.2 Å². The van der Waals surface area contributed by atoms with Crippen LogP contribution in [0.1, 0.15) is 5.56 Å². The Labute approximate surface area is 137 Å². The highest BCUT2D eigenvalue weighted by molar-refractivity contribution is 9.10. The molecule has 0 aliphatic rings. The van der Waals surface area contributed by atoms with Crippen molar-refractivity contribution in [1.82, 2.24) is 5.32 Å². The first-order valence-corrected chi connectivity index (χ1v) is 7.70. The van der Waals surface area contributed by atoms with E-state index in [-0.39, 0.29) is 12.5 Å². The van der Waals surface area contributed by atoms with Crippen LogP contribution in [0.25, 0.3) is 0 Å². The summed E-state index contributed by atoms with van der Waals surface area (Å²) in [5.74, 6) is 0.529. The van der Waals surface area contributed by atoms with Gasteiger partial charge in [-0.15, -0.1) is 0 Å². The highest BCUT2D eigenvalue weighted by atomic mass is 79.9. The summed E-state index contributed by atoms with van der Waals surface area (Å²) in [6, 6.07) is 15.0. The van der Waals surface area contributed by atoms with Gasteiger partial charge in [0.15, 0.2) is 6.61 Å². The fraction of sp³-hybridized carbons (Fsp3) is 0.188. The van der Waals surface area contributed by atoms with Gasteiger partial charge in [0.05, 0.1) is 0 Å². The molecule has 2 aromatic carbocycles. The predicted molar refractivity (Wildman–Crippen MR) is 87.8 cm³/mol. The molecule has 0 unspecified atom stereocenters. The first-order chi connectivity index (χ1) is 10.1. The highest BCUT2D eigenvalue weighted by Gasteiger charge is 2.03. The molecule has 0 radical (unpaired) electrons. The topological polar surface area (TPSA) is 38.3 Å². The Balaban J connectivity index is 1.69. The number of hydrogen-bond donors (Lipinski definition) is 1. The Morgan fingerprint density at radius 1 is 1.19 bits per heavy atom. The minimum Gasteiger partial charge on any atom is -0.484 e. The Kier molecular flexibility index (Phi) is 6.08. The number of ether oxygens (including phenoxy) is 1. The van der Waals surface area contributed by atoms with Crippen LogP contribution in [-0.4, -0.2) is 19.1 Å². The summed E-state index contributed by atoms with van der Waals surface area (Å²) in [4.78, 5) is 11.7. The van der Waals surface area contributed by atoms with Crippen LogP contribution >= 0.6 is 27.5 Å². The summed E-state index contributed by atoms with van der Waals surface area (Å²) < 4.78 is 6.33. The lowest BCUT2D eigenvalue weighted by Crippen LogP contribution is -2.30. The summed E-state index contributed by atoms with van der Waals surface area (Å²) in [5, 5.41) is 3.54. The van der Waals surface area contributed by atoms with Crippen molar-refractivity contribution >= 4 is 33.4 Å². The van der Waals surface area contributed by atoms with E-state index < -0.39 is 0 Å². The Bertz CT molecular complexity index is 601. The summed E-state index contributed by atoms with van der Waals surface area (Å²) in [5.41, 5.74) is 1.13. The molecule has 0 bridgehead atoms. The first-order valence-electron chi connectivity index (χ1n) is 6.53. The van der Waals surface area contributed by atoms with E-state index >= 15 is 0 Å². The second kappa shape index (κ2) is 8.05. The third kappa shape index (κ3) is 5.78. The summed E-state index contributed by atoms with van der Waals surface area (Å²) in [7, 11) is 0. The van der Waals surface area contributed by atoms with E-state index in [0.29, 0.717) is 17.3 Å². The zero-order chi connectivity index (χ0) is 15.1. The minimum atomic E-state index is -0.135. The molecule has 0 fully saturated rings. The third-order valence-corrected chi connectivity index (χ3v) is 3.56. The zero-order valence-electron chi connectivity index (χ0n) is 11.3. The second-order valence-corrected chi connectivity index (χ2v) is 5.82. The van der Waals surface area contributed by atoms with Crippen LogP contribution in [0.4, 0.5) is 0 Å². The van der Waals surface area contributed by atoms with Crippen molar-refractivity contribution in [1.29, 1.82) is 0 Å². The molecule has 1 N–H and O–H groups in total. The number of rotatable bonds is 6. The van der Waals surface area contributed by atoms with Crippen molar-refractivity contribution in [2.24, 2.45) is 0 Å². The molecule has 2 rings (SSSR count). The van der Waals surface area contributed by atoms with Gasteiger partial charge in [0.1, 0.15) is 5.75 Å². The van der Waals surface area contributed by atoms with E-state index in [1.165, 1.54) is 0 Å². The van der Waals surface area contributed by atoms with E-state index in [1.54, 1.807) is 0 Å². The van der Waals surface area contributed by atoms with Gasteiger partial charge in [-0.25, -0.2) is 0 Å². The maximum atomic E-state index is 11.7. The smallest absolute Gasteiger partial charge is 0.257 e. The van der Waals surface area contributed by atoms with Gasteiger partial charge < -0.3 is 10.1 Å². The van der Waals surface area contributed by atoms with Crippen LogP contribution in [0.5, 0.6) is 5.75 Å². The van der Waals surface area contributed by atoms with Gasteiger partial charge in [0, 0.05) is 16.0 Å². The number of amides is 1. The molecular formula is C16H15BrClNO2. The molecule has 0 atom stereocenters. The number of hydrogen-bond acceptors (Lipinski definition) is 2.